The topological polar surface area (TPSA) is 47.6 Å². The highest BCUT2D eigenvalue weighted by Gasteiger charge is 2.47. The van der Waals surface area contributed by atoms with E-state index in [9.17, 15) is 4.79 Å². The Morgan fingerprint density at radius 1 is 0.724 bits per heavy atom. The molecule has 0 saturated heterocycles. The zero-order valence-electron chi connectivity index (χ0n) is 22.4. The van der Waals surface area contributed by atoms with E-state index in [1.54, 1.807) is 0 Å². The van der Waals surface area contributed by atoms with Crippen LogP contribution >= 0.6 is 0 Å². The van der Waals surface area contributed by atoms with Crippen LogP contribution in [0.15, 0.2) is 0 Å². The van der Waals surface area contributed by atoms with Crippen molar-refractivity contribution < 1.29 is 13.6 Å². The first-order valence-electron chi connectivity index (χ1n) is 11.0. The number of rotatable bonds is 7. The molecular weight excluding hydrogens is 411 g/mol. The van der Waals surface area contributed by atoms with Gasteiger partial charge in [-0.25, -0.2) is 0 Å². The van der Waals surface area contributed by atoms with Gasteiger partial charge in [0.05, 0.1) is 6.10 Å². The lowest BCUT2D eigenvalue weighted by Crippen LogP contribution is -2.64. The third-order valence-electron chi connectivity index (χ3n) is 7.56. The maximum absolute atomic E-state index is 13.5. The van der Waals surface area contributed by atoms with Crippen molar-refractivity contribution in [3.8, 4) is 0 Å². The highest BCUT2D eigenvalue weighted by molar-refractivity contribution is 6.78. The standard InChI is InChI=1S/C22H51NO3Si3/c1-17(25-28(13,14)21(5,6)7)18(23-27(11,12)20(2,3)4)19(24)26-29(15,16)22(8,9)10/h17-18,23H,1-16H3/t17-,18+/m1/s1. The third kappa shape index (κ3) is 7.59. The molecule has 4 nitrogen and oxygen atoms in total. The first-order chi connectivity index (χ1) is 12.4. The quantitative estimate of drug-likeness (QED) is 0.418. The number of hydrogen-bond donors (Lipinski definition) is 1. The van der Waals surface area contributed by atoms with E-state index < -0.39 is 30.9 Å². The molecule has 29 heavy (non-hydrogen) atoms. The number of carbonyl (C=O) groups is 1. The van der Waals surface area contributed by atoms with Crippen LogP contribution in [0.3, 0.4) is 0 Å². The molecule has 0 rings (SSSR count). The minimum absolute atomic E-state index is 0.0201. The van der Waals surface area contributed by atoms with Gasteiger partial charge in [0.1, 0.15) is 14.3 Å². The number of hydrogen-bond acceptors (Lipinski definition) is 4. The molecule has 0 spiro atoms. The van der Waals surface area contributed by atoms with Crippen molar-refractivity contribution in [3.63, 3.8) is 0 Å². The fourth-order valence-electron chi connectivity index (χ4n) is 2.15. The summed E-state index contributed by atoms with van der Waals surface area (Å²) in [4.78, 5) is 17.3. The Morgan fingerprint density at radius 2 is 1.10 bits per heavy atom. The lowest BCUT2D eigenvalue weighted by Gasteiger charge is -2.45. The molecule has 0 amide bonds. The van der Waals surface area contributed by atoms with Crippen molar-refractivity contribution >= 4 is 30.8 Å². The van der Waals surface area contributed by atoms with Crippen molar-refractivity contribution in [3.05, 3.63) is 0 Å². The second-order valence-electron chi connectivity index (χ2n) is 13.3. The molecule has 174 valence electrons. The van der Waals surface area contributed by atoms with Gasteiger partial charge in [-0.15, -0.1) is 0 Å². The SMILES string of the molecule is C[C@@H](O[Si](C)(C)C(C)(C)C)[C@H](N[Si](C)(C)C(C)(C)C)C(=O)O[Si](C)(C)C(C)(C)C. The Morgan fingerprint density at radius 3 is 1.41 bits per heavy atom. The second kappa shape index (κ2) is 8.88. The van der Waals surface area contributed by atoms with E-state index in [0.717, 1.165) is 0 Å². The molecule has 0 fully saturated rings. The molecule has 0 aromatic carbocycles. The summed E-state index contributed by atoms with van der Waals surface area (Å²) >= 11 is 0. The summed E-state index contributed by atoms with van der Waals surface area (Å²) in [5, 5.41) is 0.180. The van der Waals surface area contributed by atoms with Crippen molar-refractivity contribution in [2.75, 3.05) is 0 Å². The average molecular weight is 462 g/mol. The Balaban J connectivity index is 5.94. The van der Waals surface area contributed by atoms with Gasteiger partial charge >= 0.3 is 5.97 Å². The van der Waals surface area contributed by atoms with Crippen LogP contribution in [-0.2, 0) is 13.6 Å². The van der Waals surface area contributed by atoms with Crippen LogP contribution in [0, 0.1) is 0 Å². The summed E-state index contributed by atoms with van der Waals surface area (Å²) in [7, 11) is -6.16. The van der Waals surface area contributed by atoms with E-state index in [2.05, 4.69) is 107 Å². The van der Waals surface area contributed by atoms with E-state index in [0.29, 0.717) is 0 Å². The third-order valence-corrected chi connectivity index (χ3v) is 21.2. The van der Waals surface area contributed by atoms with E-state index in [1.165, 1.54) is 0 Å². The summed E-state index contributed by atoms with van der Waals surface area (Å²) in [5.41, 5.74) is 0. The summed E-state index contributed by atoms with van der Waals surface area (Å²) in [6.07, 6.45) is -0.234. The van der Waals surface area contributed by atoms with Gasteiger partial charge in [0.15, 0.2) is 8.32 Å². The Kier molecular flexibility index (Phi) is 8.90. The molecule has 7 heteroatoms. The van der Waals surface area contributed by atoms with Gasteiger partial charge < -0.3 is 13.8 Å². The van der Waals surface area contributed by atoms with Crippen molar-refractivity contribution in [2.24, 2.45) is 0 Å². The molecule has 0 bridgehead atoms. The van der Waals surface area contributed by atoms with E-state index in [1.807, 2.05) is 6.92 Å². The van der Waals surface area contributed by atoms with Gasteiger partial charge in [-0.05, 0) is 48.2 Å². The smallest absolute Gasteiger partial charge is 0.311 e. The predicted molar refractivity (Wildman–Crippen MR) is 135 cm³/mol. The molecule has 0 aliphatic rings. The lowest BCUT2D eigenvalue weighted by molar-refractivity contribution is -0.139. The molecule has 0 aliphatic heterocycles. The van der Waals surface area contributed by atoms with Crippen LogP contribution in [0.25, 0.3) is 0 Å². The molecule has 2 atom stereocenters. The van der Waals surface area contributed by atoms with Gasteiger partial charge in [-0.2, -0.15) is 0 Å². The molecular formula is C22H51NO3Si3. The van der Waals surface area contributed by atoms with Gasteiger partial charge in [0, 0.05) is 0 Å². The molecule has 0 radical (unpaired) electrons. The maximum Gasteiger partial charge on any atom is 0.311 e. The van der Waals surface area contributed by atoms with Gasteiger partial charge in [-0.3, -0.25) is 4.79 Å². The highest BCUT2D eigenvalue weighted by atomic mass is 28.4. The molecule has 0 aliphatic carbocycles. The van der Waals surface area contributed by atoms with Crippen LogP contribution in [0.4, 0.5) is 0 Å². The highest BCUT2D eigenvalue weighted by Crippen LogP contribution is 2.40. The number of nitrogens with one attached hydrogen (secondary N) is 1. The molecule has 0 aromatic heterocycles. The van der Waals surface area contributed by atoms with E-state index in [4.69, 9.17) is 8.85 Å². The predicted octanol–water partition coefficient (Wildman–Crippen LogP) is 6.91. The van der Waals surface area contributed by atoms with Crippen molar-refractivity contribution in [1.82, 2.24) is 4.98 Å². The lowest BCUT2D eigenvalue weighted by atomic mass is 10.2. The van der Waals surface area contributed by atoms with Crippen LogP contribution in [0.5, 0.6) is 0 Å². The fraction of sp³-hybridized carbons (Fsp3) is 0.955. The largest absolute Gasteiger partial charge is 0.518 e. The average Bonchev–Trinajstić information content (AvgIpc) is 2.39. The van der Waals surface area contributed by atoms with Crippen LogP contribution in [0.1, 0.15) is 69.2 Å². The Bertz CT molecular complexity index is 567. The molecule has 0 unspecified atom stereocenters. The Hall–Kier alpha value is 0.0406. The van der Waals surface area contributed by atoms with E-state index in [-0.39, 0.29) is 27.2 Å². The maximum atomic E-state index is 13.5. The number of carbonyl (C=O) groups excluding carboxylic acids is 1. The van der Waals surface area contributed by atoms with Gasteiger partial charge in [0.25, 0.3) is 8.32 Å². The first-order valence-corrected chi connectivity index (χ1v) is 19.9. The van der Waals surface area contributed by atoms with Crippen LogP contribution in [-0.4, -0.2) is 43.0 Å². The molecule has 0 aromatic rings. The normalized spacial score (nSPS) is 17.1. The summed E-state index contributed by atoms with van der Waals surface area (Å²) in [5.74, 6) is -0.146. The zero-order valence-corrected chi connectivity index (χ0v) is 25.4. The minimum Gasteiger partial charge on any atom is -0.518 e. The minimum atomic E-state index is -2.21. The first kappa shape index (κ1) is 29.0. The van der Waals surface area contributed by atoms with Gasteiger partial charge in [-0.1, -0.05) is 75.4 Å². The molecule has 0 saturated carbocycles. The van der Waals surface area contributed by atoms with Crippen LogP contribution in [0.2, 0.25) is 54.4 Å². The van der Waals surface area contributed by atoms with E-state index >= 15 is 0 Å². The van der Waals surface area contributed by atoms with Crippen molar-refractivity contribution in [1.29, 1.82) is 0 Å². The summed E-state index contributed by atoms with van der Waals surface area (Å²) in [6.45, 7) is 35.3. The van der Waals surface area contributed by atoms with Crippen molar-refractivity contribution in [2.45, 2.75) is 136 Å². The van der Waals surface area contributed by atoms with Gasteiger partial charge in [0.2, 0.25) is 0 Å². The summed E-state index contributed by atoms with van der Waals surface area (Å²) < 4.78 is 12.9. The zero-order chi connectivity index (χ0) is 23.9. The summed E-state index contributed by atoms with van der Waals surface area (Å²) in [6, 6.07) is -0.445. The fourth-order valence-corrected chi connectivity index (χ4v) is 6.07. The second-order valence-corrected chi connectivity index (χ2v) is 27.8. The Labute approximate surface area is 185 Å². The molecule has 0 heterocycles. The van der Waals surface area contributed by atoms with Crippen LogP contribution < -0.4 is 4.98 Å². The molecule has 1 N–H and O–H groups in total. The monoisotopic (exact) mass is 461 g/mol.